The highest BCUT2D eigenvalue weighted by atomic mass is 32.2. The number of aromatic nitrogens is 1. The van der Waals surface area contributed by atoms with Crippen LogP contribution in [0.15, 0.2) is 39.8 Å². The first-order chi connectivity index (χ1) is 22.2. The van der Waals surface area contributed by atoms with Gasteiger partial charge in [0.2, 0.25) is 0 Å². The molecule has 3 saturated heterocycles. The summed E-state index contributed by atoms with van der Waals surface area (Å²) in [5.41, 5.74) is 3.74. The molecule has 3 aliphatic heterocycles. The van der Waals surface area contributed by atoms with Gasteiger partial charge in [-0.15, -0.1) is 0 Å². The third kappa shape index (κ3) is 4.52. The van der Waals surface area contributed by atoms with E-state index in [9.17, 15) is 18.0 Å². The Hall–Kier alpha value is -4.30. The molecular weight excluding hydrogens is 614 g/mol. The van der Waals surface area contributed by atoms with Crippen LogP contribution < -0.4 is 19.1 Å². The summed E-state index contributed by atoms with van der Waals surface area (Å²) >= 11 is 0. The van der Waals surface area contributed by atoms with E-state index in [0.717, 1.165) is 68.7 Å². The second-order valence-electron chi connectivity index (χ2n) is 12.8. The first kappa shape index (κ1) is 29.1. The van der Waals surface area contributed by atoms with Crippen LogP contribution in [0.2, 0.25) is 0 Å². The van der Waals surface area contributed by atoms with E-state index in [-0.39, 0.29) is 45.8 Å². The van der Waals surface area contributed by atoms with Crippen LogP contribution in [0.5, 0.6) is 11.5 Å². The number of amides is 1. The Labute approximate surface area is 266 Å². The van der Waals surface area contributed by atoms with Crippen LogP contribution in [0.4, 0.5) is 11.5 Å². The van der Waals surface area contributed by atoms with Crippen molar-refractivity contribution in [2.75, 3.05) is 56.6 Å². The number of piperazine rings is 1. The molecule has 1 saturated carbocycles. The molecule has 3 atom stereocenters. The molecule has 46 heavy (non-hydrogen) atoms. The number of nitrogens with zero attached hydrogens (tertiary/aromatic N) is 4. The van der Waals surface area contributed by atoms with Crippen LogP contribution in [0.25, 0.3) is 11.3 Å². The topological polar surface area (TPSA) is 144 Å². The van der Waals surface area contributed by atoms with E-state index in [0.29, 0.717) is 36.3 Å². The molecule has 1 aromatic heterocycles. The highest BCUT2D eigenvalue weighted by Crippen LogP contribution is 2.59. The second kappa shape index (κ2) is 10.6. The van der Waals surface area contributed by atoms with Crippen molar-refractivity contribution < 1.29 is 36.7 Å². The number of carbonyl (C=O) groups excluding carboxylic acids is 2. The highest BCUT2D eigenvalue weighted by molar-refractivity contribution is 7.93. The van der Waals surface area contributed by atoms with Gasteiger partial charge in [0.25, 0.3) is 22.4 Å². The molecule has 1 N–H and O–H groups in total. The maximum absolute atomic E-state index is 14.0. The first-order valence-corrected chi connectivity index (χ1v) is 17.0. The smallest absolute Gasteiger partial charge is 0.295 e. The maximum atomic E-state index is 14.0. The normalized spacial score (nSPS) is 23.7. The number of benzene rings is 2. The molecule has 2 unspecified atom stereocenters. The molecule has 2 bridgehead atoms. The zero-order chi connectivity index (χ0) is 31.8. The number of anilines is 2. The lowest BCUT2D eigenvalue weighted by Gasteiger charge is -2.41. The third-order valence-electron chi connectivity index (χ3n) is 10.3. The van der Waals surface area contributed by atoms with Crippen molar-refractivity contribution in [2.24, 2.45) is 0 Å². The van der Waals surface area contributed by atoms with Crippen LogP contribution >= 0.6 is 0 Å². The Bertz CT molecular complexity index is 1830. The van der Waals surface area contributed by atoms with Crippen molar-refractivity contribution in [2.45, 2.75) is 54.7 Å². The molecule has 1 spiro atoms. The lowest BCUT2D eigenvalue weighted by Crippen LogP contribution is -2.49. The second-order valence-corrected chi connectivity index (χ2v) is 14.4. The van der Waals surface area contributed by atoms with Gasteiger partial charge < -0.3 is 28.5 Å². The lowest BCUT2D eigenvalue weighted by atomic mass is 9.79. The fourth-order valence-electron chi connectivity index (χ4n) is 7.60. The summed E-state index contributed by atoms with van der Waals surface area (Å²) in [7, 11) is -1.58. The van der Waals surface area contributed by atoms with Gasteiger partial charge in [-0.05, 0) is 55.5 Å². The molecule has 242 valence electrons. The molecule has 0 radical (unpaired) electrons. The first-order valence-electron chi connectivity index (χ1n) is 15.6. The van der Waals surface area contributed by atoms with Gasteiger partial charge in [0, 0.05) is 73.0 Å². The van der Waals surface area contributed by atoms with Crippen LogP contribution in [0.1, 0.15) is 47.2 Å². The molecule has 4 fully saturated rings. The van der Waals surface area contributed by atoms with Crippen molar-refractivity contribution in [3.63, 3.8) is 0 Å². The Morgan fingerprint density at radius 2 is 1.85 bits per heavy atom. The van der Waals surface area contributed by atoms with Gasteiger partial charge in [0.05, 0.1) is 14.2 Å². The van der Waals surface area contributed by atoms with E-state index >= 15 is 0 Å². The molecule has 5 aliphatic rings. The molecular formula is C32H35N5O8S. The summed E-state index contributed by atoms with van der Waals surface area (Å²) in [6.07, 6.45) is 3.85. The molecule has 2 aliphatic carbocycles. The van der Waals surface area contributed by atoms with Gasteiger partial charge in [-0.1, -0.05) is 11.2 Å². The Kier molecular flexibility index (Phi) is 6.73. The largest absolute Gasteiger partial charge is 0.495 e. The Balaban J connectivity index is 1.12. The van der Waals surface area contributed by atoms with E-state index in [1.165, 1.54) is 26.4 Å². The fraction of sp³-hybridized carbons (Fsp3) is 0.469. The quantitative estimate of drug-likeness (QED) is 0.342. The van der Waals surface area contributed by atoms with Crippen molar-refractivity contribution in [1.82, 2.24) is 15.0 Å². The lowest BCUT2D eigenvalue weighted by molar-refractivity contribution is -0.136. The Morgan fingerprint density at radius 1 is 1.07 bits per heavy atom. The summed E-state index contributed by atoms with van der Waals surface area (Å²) in [5, 5.41) is 4.20. The monoisotopic (exact) mass is 649 g/mol. The number of hydrogen-bond donors (Lipinski definition) is 1. The molecule has 8 rings (SSSR count). The summed E-state index contributed by atoms with van der Waals surface area (Å²) < 4.78 is 52.9. The van der Waals surface area contributed by atoms with Crippen molar-refractivity contribution in [3.05, 3.63) is 47.0 Å². The minimum Gasteiger partial charge on any atom is -0.495 e. The molecule has 2 aromatic carbocycles. The van der Waals surface area contributed by atoms with Crippen LogP contribution in [-0.4, -0.2) is 95.0 Å². The van der Waals surface area contributed by atoms with Gasteiger partial charge in [-0.25, -0.2) is 8.42 Å². The van der Waals surface area contributed by atoms with Gasteiger partial charge >= 0.3 is 0 Å². The number of carbonyl (C=O) groups is 2. The maximum Gasteiger partial charge on any atom is 0.295 e. The number of nitrogens with one attached hydrogen (secondary N) is 1. The van der Waals surface area contributed by atoms with Crippen molar-refractivity contribution >= 4 is 33.9 Å². The van der Waals surface area contributed by atoms with E-state index in [1.54, 1.807) is 0 Å². The molecule has 4 heterocycles. The van der Waals surface area contributed by atoms with Gasteiger partial charge in [-0.2, -0.15) is 0 Å². The average Bonchev–Trinajstić information content (AvgIpc) is 3.57. The van der Waals surface area contributed by atoms with Crippen LogP contribution in [0.3, 0.4) is 0 Å². The minimum atomic E-state index is -4.31. The zero-order valence-electron chi connectivity index (χ0n) is 25.7. The summed E-state index contributed by atoms with van der Waals surface area (Å²) in [5.74, 6) is 0.417. The number of sulfonamides is 1. The number of fused-ring (bicyclic) bond motifs is 6. The number of methoxy groups -OCH3 is 2. The third-order valence-corrected chi connectivity index (χ3v) is 11.7. The predicted octanol–water partition coefficient (Wildman–Crippen LogP) is 2.99. The van der Waals surface area contributed by atoms with E-state index in [2.05, 4.69) is 20.8 Å². The number of hydrogen-bond acceptors (Lipinski definition) is 11. The van der Waals surface area contributed by atoms with E-state index in [4.69, 9.17) is 18.7 Å². The SMILES string of the molecule is COc1cc(C(=O)N2CCN3CC[C@@H]2C3)cc(OC)c1S(=O)(=O)Nc1noc2c1CC1(CC1)c1ccc(N3CCC3OC=O)cc1-2. The predicted molar refractivity (Wildman–Crippen MR) is 166 cm³/mol. The van der Waals surface area contributed by atoms with E-state index in [1.807, 2.05) is 21.9 Å². The molecule has 1 amide bonds. The number of ether oxygens (including phenoxy) is 3. The van der Waals surface area contributed by atoms with Gasteiger partial charge in [0.1, 0.15) is 11.5 Å². The molecule has 13 nitrogen and oxygen atoms in total. The summed E-state index contributed by atoms with van der Waals surface area (Å²) in [6, 6.07) is 9.19. The van der Waals surface area contributed by atoms with Gasteiger partial charge in [-0.3, -0.25) is 19.2 Å². The highest BCUT2D eigenvalue weighted by Gasteiger charge is 2.51. The Morgan fingerprint density at radius 3 is 2.52 bits per heavy atom. The van der Waals surface area contributed by atoms with E-state index < -0.39 is 10.0 Å². The van der Waals surface area contributed by atoms with Crippen molar-refractivity contribution in [1.29, 1.82) is 0 Å². The minimum absolute atomic E-state index is 0.00656. The van der Waals surface area contributed by atoms with Gasteiger partial charge in [0.15, 0.2) is 22.7 Å². The van der Waals surface area contributed by atoms with Crippen molar-refractivity contribution in [3.8, 4) is 22.8 Å². The van der Waals surface area contributed by atoms with Crippen LogP contribution in [-0.2, 0) is 31.4 Å². The zero-order valence-corrected chi connectivity index (χ0v) is 26.5. The summed E-state index contributed by atoms with van der Waals surface area (Å²) in [6.45, 7) is 4.46. The number of rotatable bonds is 9. The summed E-state index contributed by atoms with van der Waals surface area (Å²) in [4.78, 5) is 30.5. The van der Waals surface area contributed by atoms with Crippen LogP contribution in [0, 0.1) is 0 Å². The molecule has 14 heteroatoms. The molecule has 3 aromatic rings. The average molecular weight is 650 g/mol. The standard InChI is InChI=1S/C32H35N5O8S/c1-42-25-13-19(31(39)37-12-11-35-9-5-21(37)17-35)14-26(43-2)29(25)46(40,41)34-30-23-16-32(7-8-32)24-4-3-20(15-22(24)28(23)45-33-30)36-10-6-27(36)44-18-38/h3-4,13-15,18,21,27H,5-12,16-17H2,1-2H3,(H,33,34)/t21-,27?/m1/s1. The fourth-order valence-corrected chi connectivity index (χ4v) is 8.93.